The molecule has 126 valence electrons. The van der Waals surface area contributed by atoms with Crippen LogP contribution in [0.5, 0.6) is 0 Å². The third-order valence-electron chi connectivity index (χ3n) is 3.55. The van der Waals surface area contributed by atoms with E-state index >= 15 is 0 Å². The van der Waals surface area contributed by atoms with Crippen LogP contribution in [0.15, 0.2) is 35.1 Å². The molecule has 7 nitrogen and oxygen atoms in total. The molecule has 0 aliphatic carbocycles. The number of rotatable bonds is 4. The Morgan fingerprint density at radius 2 is 2.12 bits per heavy atom. The summed E-state index contributed by atoms with van der Waals surface area (Å²) in [5.41, 5.74) is 0.460. The van der Waals surface area contributed by atoms with Crippen molar-refractivity contribution in [2.75, 3.05) is 36.5 Å². The standard InChI is InChI=1S/C16H17IN4O3/c17-11-2-1-3-12(8-11)18-15(22)9-13-19-14(10-16(23)20-13)21-4-6-24-7-5-21/h1-3,8,10H,4-7,9H2,(H,18,22)(H,19,20,23). The third kappa shape index (κ3) is 4.54. The van der Waals surface area contributed by atoms with Gasteiger partial charge in [0, 0.05) is 28.4 Å². The number of carbonyl (C=O) groups is 1. The molecule has 0 atom stereocenters. The van der Waals surface area contributed by atoms with Gasteiger partial charge >= 0.3 is 0 Å². The smallest absolute Gasteiger partial charge is 0.252 e. The molecule has 0 spiro atoms. The summed E-state index contributed by atoms with van der Waals surface area (Å²) in [6.45, 7) is 2.59. The van der Waals surface area contributed by atoms with E-state index in [9.17, 15) is 9.59 Å². The summed E-state index contributed by atoms with van der Waals surface area (Å²) in [4.78, 5) is 33.1. The van der Waals surface area contributed by atoms with Crippen LogP contribution in [0.25, 0.3) is 0 Å². The molecule has 1 fully saturated rings. The van der Waals surface area contributed by atoms with Gasteiger partial charge in [-0.15, -0.1) is 0 Å². The highest BCUT2D eigenvalue weighted by Gasteiger charge is 2.15. The molecule has 2 heterocycles. The lowest BCUT2D eigenvalue weighted by Gasteiger charge is -2.27. The van der Waals surface area contributed by atoms with Gasteiger partial charge in [0.15, 0.2) is 0 Å². The Kier molecular flexibility index (Phi) is 5.46. The summed E-state index contributed by atoms with van der Waals surface area (Å²) >= 11 is 2.18. The monoisotopic (exact) mass is 440 g/mol. The van der Waals surface area contributed by atoms with Crippen molar-refractivity contribution in [2.45, 2.75) is 6.42 Å². The minimum Gasteiger partial charge on any atom is -0.378 e. The fraction of sp³-hybridized carbons (Fsp3) is 0.312. The molecule has 0 unspecified atom stereocenters. The average Bonchev–Trinajstić information content (AvgIpc) is 2.55. The lowest BCUT2D eigenvalue weighted by atomic mass is 10.3. The van der Waals surface area contributed by atoms with Gasteiger partial charge < -0.3 is 19.9 Å². The molecule has 0 saturated carbocycles. The molecule has 1 saturated heterocycles. The number of aromatic nitrogens is 2. The Labute approximate surface area is 152 Å². The third-order valence-corrected chi connectivity index (χ3v) is 4.22. The zero-order chi connectivity index (χ0) is 16.9. The number of morpholine rings is 1. The SMILES string of the molecule is O=C(Cc1nc(N2CCOCC2)cc(=O)[nH]1)Nc1cccc(I)c1. The fourth-order valence-corrected chi connectivity index (χ4v) is 3.00. The van der Waals surface area contributed by atoms with Crippen LogP contribution in [0.3, 0.4) is 0 Å². The number of hydrogen-bond acceptors (Lipinski definition) is 5. The largest absolute Gasteiger partial charge is 0.378 e. The Balaban J connectivity index is 1.71. The van der Waals surface area contributed by atoms with Crippen LogP contribution in [0.2, 0.25) is 0 Å². The number of ether oxygens (including phenoxy) is 1. The minimum absolute atomic E-state index is 0.0128. The molecule has 0 bridgehead atoms. The number of hydrogen-bond donors (Lipinski definition) is 2. The van der Waals surface area contributed by atoms with E-state index in [1.807, 2.05) is 29.2 Å². The van der Waals surface area contributed by atoms with E-state index in [0.717, 1.165) is 9.26 Å². The molecule has 3 rings (SSSR count). The van der Waals surface area contributed by atoms with Crippen LogP contribution in [0, 0.1) is 3.57 Å². The van der Waals surface area contributed by atoms with Crippen molar-refractivity contribution < 1.29 is 9.53 Å². The lowest BCUT2D eigenvalue weighted by Crippen LogP contribution is -2.37. The molecule has 1 aromatic heterocycles. The van der Waals surface area contributed by atoms with E-state index in [1.54, 1.807) is 0 Å². The zero-order valence-electron chi connectivity index (χ0n) is 12.9. The quantitative estimate of drug-likeness (QED) is 0.702. The summed E-state index contributed by atoms with van der Waals surface area (Å²) in [5.74, 6) is 0.713. The number of benzene rings is 1. The van der Waals surface area contributed by atoms with Crippen molar-refractivity contribution in [1.29, 1.82) is 0 Å². The number of amides is 1. The minimum atomic E-state index is -0.261. The van der Waals surface area contributed by atoms with Crippen molar-refractivity contribution in [1.82, 2.24) is 9.97 Å². The topological polar surface area (TPSA) is 87.3 Å². The van der Waals surface area contributed by atoms with Crippen LogP contribution in [0.1, 0.15) is 5.82 Å². The second kappa shape index (κ2) is 7.75. The van der Waals surface area contributed by atoms with Gasteiger partial charge in [-0.05, 0) is 40.8 Å². The van der Waals surface area contributed by atoms with E-state index in [1.165, 1.54) is 6.07 Å². The average molecular weight is 440 g/mol. The van der Waals surface area contributed by atoms with Gasteiger partial charge in [-0.2, -0.15) is 0 Å². The Hall–Kier alpha value is -1.94. The van der Waals surface area contributed by atoms with E-state index in [4.69, 9.17) is 4.74 Å². The second-order valence-electron chi connectivity index (χ2n) is 5.39. The number of aromatic amines is 1. The summed E-state index contributed by atoms with van der Waals surface area (Å²) in [6, 6.07) is 8.96. The van der Waals surface area contributed by atoms with Gasteiger partial charge in [0.2, 0.25) is 5.91 Å². The van der Waals surface area contributed by atoms with Gasteiger partial charge in [-0.25, -0.2) is 4.98 Å². The van der Waals surface area contributed by atoms with Gasteiger partial charge in [-0.3, -0.25) is 9.59 Å². The molecule has 1 aromatic carbocycles. The summed E-state index contributed by atoms with van der Waals surface area (Å²) in [5, 5.41) is 2.81. The predicted octanol–water partition coefficient (Wildman–Crippen LogP) is 1.39. The maximum atomic E-state index is 12.2. The predicted molar refractivity (Wildman–Crippen MR) is 99.4 cm³/mol. The number of anilines is 2. The van der Waals surface area contributed by atoms with Crippen molar-refractivity contribution in [2.24, 2.45) is 0 Å². The molecule has 2 N–H and O–H groups in total. The first-order valence-electron chi connectivity index (χ1n) is 7.58. The molecular weight excluding hydrogens is 423 g/mol. The van der Waals surface area contributed by atoms with Gasteiger partial charge in [-0.1, -0.05) is 6.07 Å². The number of nitrogens with zero attached hydrogens (tertiary/aromatic N) is 2. The van der Waals surface area contributed by atoms with Crippen LogP contribution in [-0.2, 0) is 16.0 Å². The van der Waals surface area contributed by atoms with Crippen molar-refractivity contribution in [3.8, 4) is 0 Å². The van der Waals surface area contributed by atoms with Crippen molar-refractivity contribution in [3.63, 3.8) is 0 Å². The lowest BCUT2D eigenvalue weighted by molar-refractivity contribution is -0.115. The number of H-pyrrole nitrogens is 1. The van der Waals surface area contributed by atoms with Crippen LogP contribution < -0.4 is 15.8 Å². The molecule has 1 aliphatic rings. The molecule has 2 aromatic rings. The first-order chi connectivity index (χ1) is 11.6. The Morgan fingerprint density at radius 1 is 1.33 bits per heavy atom. The highest BCUT2D eigenvalue weighted by molar-refractivity contribution is 14.1. The highest BCUT2D eigenvalue weighted by Crippen LogP contribution is 2.13. The highest BCUT2D eigenvalue weighted by atomic mass is 127. The number of carbonyl (C=O) groups excluding carboxylic acids is 1. The van der Waals surface area contributed by atoms with Crippen LogP contribution in [0.4, 0.5) is 11.5 Å². The Morgan fingerprint density at radius 3 is 2.88 bits per heavy atom. The summed E-state index contributed by atoms with van der Waals surface area (Å²) in [7, 11) is 0. The van der Waals surface area contributed by atoms with E-state index < -0.39 is 0 Å². The molecular formula is C16H17IN4O3. The van der Waals surface area contributed by atoms with E-state index in [2.05, 4.69) is 37.9 Å². The Bertz CT molecular complexity index is 787. The number of halogens is 1. The maximum Gasteiger partial charge on any atom is 0.252 e. The van der Waals surface area contributed by atoms with Crippen molar-refractivity contribution in [3.05, 3.63) is 50.1 Å². The van der Waals surface area contributed by atoms with Crippen molar-refractivity contribution >= 4 is 40.0 Å². The van der Waals surface area contributed by atoms with E-state index in [-0.39, 0.29) is 17.9 Å². The number of nitrogens with one attached hydrogen (secondary N) is 2. The van der Waals surface area contributed by atoms with Crippen LogP contribution in [-0.4, -0.2) is 42.2 Å². The second-order valence-corrected chi connectivity index (χ2v) is 6.63. The van der Waals surface area contributed by atoms with Gasteiger partial charge in [0.05, 0.1) is 19.6 Å². The van der Waals surface area contributed by atoms with E-state index in [0.29, 0.717) is 37.9 Å². The maximum absolute atomic E-state index is 12.2. The van der Waals surface area contributed by atoms with Crippen LogP contribution >= 0.6 is 22.6 Å². The zero-order valence-corrected chi connectivity index (χ0v) is 15.1. The molecule has 1 amide bonds. The van der Waals surface area contributed by atoms with Gasteiger partial charge in [0.25, 0.3) is 5.56 Å². The molecule has 0 radical (unpaired) electrons. The molecule has 1 aliphatic heterocycles. The van der Waals surface area contributed by atoms with Gasteiger partial charge in [0.1, 0.15) is 11.6 Å². The fourth-order valence-electron chi connectivity index (χ4n) is 2.46. The molecule has 8 heteroatoms. The first kappa shape index (κ1) is 16.9. The summed E-state index contributed by atoms with van der Waals surface area (Å²) < 4.78 is 6.34. The first-order valence-corrected chi connectivity index (χ1v) is 8.66. The summed E-state index contributed by atoms with van der Waals surface area (Å²) in [6.07, 6.45) is 0.0128. The molecule has 24 heavy (non-hydrogen) atoms. The normalized spacial score (nSPS) is 14.5.